The van der Waals surface area contributed by atoms with E-state index >= 15 is 0 Å². The van der Waals surface area contributed by atoms with Crippen LogP contribution >= 0.6 is 0 Å². The molecule has 1 N–H and O–H groups in total. The number of ether oxygens (including phenoxy) is 2. The Balaban J connectivity index is 2.00. The molecule has 2 saturated carbocycles. The highest BCUT2D eigenvalue weighted by Gasteiger charge is 2.56. The number of hydrogen-bond acceptors (Lipinski definition) is 5. The predicted molar refractivity (Wildman–Crippen MR) is 77.8 cm³/mol. The van der Waals surface area contributed by atoms with E-state index in [9.17, 15) is 14.4 Å². The summed E-state index contributed by atoms with van der Waals surface area (Å²) in [5, 5.41) is 2.82. The van der Waals surface area contributed by atoms with Gasteiger partial charge in [-0.2, -0.15) is 0 Å². The molecule has 0 spiro atoms. The normalized spacial score (nSPS) is 19.1. The Labute approximate surface area is 130 Å². The maximum Gasteiger partial charge on any atom is 0.409 e. The van der Waals surface area contributed by atoms with Crippen molar-refractivity contribution in [3.8, 4) is 0 Å². The van der Waals surface area contributed by atoms with Gasteiger partial charge in [0.05, 0.1) is 0 Å². The first-order valence-corrected chi connectivity index (χ1v) is 7.60. The summed E-state index contributed by atoms with van der Waals surface area (Å²) in [5.74, 6) is -0.764. The maximum atomic E-state index is 12.3. The topological polar surface area (TPSA) is 84.9 Å². The molecule has 0 atom stereocenters. The second-order valence-corrected chi connectivity index (χ2v) is 6.93. The monoisotopic (exact) mass is 312 g/mol. The Morgan fingerprint density at radius 3 is 2.23 bits per heavy atom. The Morgan fingerprint density at radius 1 is 1.23 bits per heavy atom. The molecule has 7 nitrogen and oxygen atoms in total. The summed E-state index contributed by atoms with van der Waals surface area (Å²) < 4.78 is 10.1. The smallest absolute Gasteiger partial charge is 0.409 e. The van der Waals surface area contributed by atoms with Gasteiger partial charge in [-0.05, 0) is 46.5 Å². The Morgan fingerprint density at radius 2 is 1.82 bits per heavy atom. The zero-order valence-electron chi connectivity index (χ0n) is 13.6. The Bertz CT molecular complexity index is 475. The highest BCUT2D eigenvalue weighted by atomic mass is 16.6. The Kier molecular flexibility index (Phi) is 4.35. The molecule has 2 rings (SSSR count). The van der Waals surface area contributed by atoms with Gasteiger partial charge in [0.25, 0.3) is 5.91 Å². The second-order valence-electron chi connectivity index (χ2n) is 6.93. The minimum absolute atomic E-state index is 0.112. The molecule has 2 aliphatic carbocycles. The number of esters is 1. The van der Waals surface area contributed by atoms with E-state index in [-0.39, 0.29) is 18.6 Å². The van der Waals surface area contributed by atoms with Crippen molar-refractivity contribution >= 4 is 18.0 Å². The minimum atomic E-state index is -0.680. The summed E-state index contributed by atoms with van der Waals surface area (Å²) in [6, 6.07) is 0.112. The zero-order chi connectivity index (χ0) is 16.5. The van der Waals surface area contributed by atoms with Crippen LogP contribution in [0.3, 0.4) is 0 Å². The van der Waals surface area contributed by atoms with Crippen molar-refractivity contribution in [2.24, 2.45) is 0 Å². The van der Waals surface area contributed by atoms with E-state index in [2.05, 4.69) is 5.32 Å². The fourth-order valence-corrected chi connectivity index (χ4v) is 2.40. The summed E-state index contributed by atoms with van der Waals surface area (Å²) in [6.07, 6.45) is 2.66. The van der Waals surface area contributed by atoms with Gasteiger partial charge in [0, 0.05) is 13.0 Å². The summed E-state index contributed by atoms with van der Waals surface area (Å²) in [5.41, 5.74) is -1.27. The van der Waals surface area contributed by atoms with Crippen molar-refractivity contribution < 1.29 is 23.9 Å². The number of nitrogens with zero attached hydrogens (tertiary/aromatic N) is 1. The second kappa shape index (κ2) is 5.78. The highest BCUT2D eigenvalue weighted by Crippen LogP contribution is 2.45. The molecule has 22 heavy (non-hydrogen) atoms. The van der Waals surface area contributed by atoms with Crippen molar-refractivity contribution in [2.45, 2.75) is 70.7 Å². The van der Waals surface area contributed by atoms with Crippen LogP contribution in [-0.2, 0) is 19.1 Å². The van der Waals surface area contributed by atoms with Gasteiger partial charge in [-0.25, -0.2) is 4.79 Å². The minimum Gasteiger partial charge on any atom is -0.456 e. The van der Waals surface area contributed by atoms with Crippen LogP contribution in [0.25, 0.3) is 0 Å². The van der Waals surface area contributed by atoms with Gasteiger partial charge >= 0.3 is 12.1 Å². The first kappa shape index (κ1) is 16.6. The standard InChI is InChI=1S/C15H24N2O5/c1-10(18)21-9-12(19)17(11-5-6-11)15(7-8-15)16-13(20)22-14(2,3)4/h11H,5-9H2,1-4H3,(H,16,20). The van der Waals surface area contributed by atoms with Gasteiger partial charge in [0.15, 0.2) is 6.61 Å². The molecule has 0 bridgehead atoms. The lowest BCUT2D eigenvalue weighted by Gasteiger charge is -2.33. The highest BCUT2D eigenvalue weighted by molar-refractivity contribution is 5.82. The first-order chi connectivity index (χ1) is 10.1. The number of carbonyl (C=O) groups excluding carboxylic acids is 3. The van der Waals surface area contributed by atoms with Crippen LogP contribution in [-0.4, -0.2) is 46.8 Å². The van der Waals surface area contributed by atoms with E-state index in [1.54, 1.807) is 25.7 Å². The molecule has 0 aromatic rings. The number of hydrogen-bond donors (Lipinski definition) is 1. The molecule has 0 radical (unpaired) electrons. The summed E-state index contributed by atoms with van der Waals surface area (Å²) in [7, 11) is 0. The van der Waals surface area contributed by atoms with Crippen LogP contribution in [0.15, 0.2) is 0 Å². The number of alkyl carbamates (subject to hydrolysis) is 1. The molecule has 2 aliphatic rings. The van der Waals surface area contributed by atoms with E-state index in [1.807, 2.05) is 0 Å². The van der Waals surface area contributed by atoms with Crippen LogP contribution in [0.2, 0.25) is 0 Å². The van der Waals surface area contributed by atoms with Gasteiger partial charge in [-0.1, -0.05) is 0 Å². The van der Waals surface area contributed by atoms with Crippen molar-refractivity contribution in [2.75, 3.05) is 6.61 Å². The number of rotatable bonds is 5. The van der Waals surface area contributed by atoms with Crippen molar-refractivity contribution in [3.05, 3.63) is 0 Å². The molecule has 0 heterocycles. The molecular formula is C15H24N2O5. The molecule has 0 aromatic heterocycles. The van der Waals surface area contributed by atoms with Crippen LogP contribution in [0.1, 0.15) is 53.4 Å². The fraction of sp³-hybridized carbons (Fsp3) is 0.800. The molecule has 124 valence electrons. The van der Waals surface area contributed by atoms with Crippen LogP contribution in [0.4, 0.5) is 4.79 Å². The van der Waals surface area contributed by atoms with Crippen LogP contribution in [0, 0.1) is 0 Å². The molecule has 7 heteroatoms. The molecule has 0 aromatic carbocycles. The molecule has 2 fully saturated rings. The van der Waals surface area contributed by atoms with Gasteiger partial charge in [-0.15, -0.1) is 0 Å². The summed E-state index contributed by atoms with van der Waals surface area (Å²) in [4.78, 5) is 36.9. The van der Waals surface area contributed by atoms with Gasteiger partial charge in [0.1, 0.15) is 11.3 Å². The molecular weight excluding hydrogens is 288 g/mol. The lowest BCUT2D eigenvalue weighted by atomic mass is 10.2. The van der Waals surface area contributed by atoms with Crippen LogP contribution < -0.4 is 5.32 Å². The maximum absolute atomic E-state index is 12.3. The predicted octanol–water partition coefficient (Wildman–Crippen LogP) is 1.56. The van der Waals surface area contributed by atoms with E-state index < -0.39 is 23.3 Å². The quantitative estimate of drug-likeness (QED) is 0.615. The van der Waals surface area contributed by atoms with Crippen molar-refractivity contribution in [1.29, 1.82) is 0 Å². The Hall–Kier alpha value is -1.79. The average Bonchev–Trinajstić information content (AvgIpc) is 3.22. The van der Waals surface area contributed by atoms with Gasteiger partial charge < -0.3 is 14.4 Å². The largest absolute Gasteiger partial charge is 0.456 e. The molecule has 0 aliphatic heterocycles. The third-order valence-electron chi connectivity index (χ3n) is 3.50. The van der Waals surface area contributed by atoms with E-state index in [4.69, 9.17) is 9.47 Å². The van der Waals surface area contributed by atoms with E-state index in [0.717, 1.165) is 12.8 Å². The third-order valence-corrected chi connectivity index (χ3v) is 3.50. The SMILES string of the molecule is CC(=O)OCC(=O)N(C1CC1)C1(NC(=O)OC(C)(C)C)CC1. The molecule has 2 amide bonds. The van der Waals surface area contributed by atoms with Crippen molar-refractivity contribution in [1.82, 2.24) is 10.2 Å². The van der Waals surface area contributed by atoms with E-state index in [1.165, 1.54) is 6.92 Å². The summed E-state index contributed by atoms with van der Waals surface area (Å²) >= 11 is 0. The summed E-state index contributed by atoms with van der Waals surface area (Å²) in [6.45, 7) is 6.34. The van der Waals surface area contributed by atoms with E-state index in [0.29, 0.717) is 12.8 Å². The number of amides is 2. The van der Waals surface area contributed by atoms with Gasteiger partial charge in [0.2, 0.25) is 0 Å². The van der Waals surface area contributed by atoms with Crippen molar-refractivity contribution in [3.63, 3.8) is 0 Å². The average molecular weight is 312 g/mol. The fourth-order valence-electron chi connectivity index (χ4n) is 2.40. The molecule has 0 unspecified atom stereocenters. The number of nitrogens with one attached hydrogen (secondary N) is 1. The number of carbonyl (C=O) groups is 3. The van der Waals surface area contributed by atoms with Crippen LogP contribution in [0.5, 0.6) is 0 Å². The lowest BCUT2D eigenvalue weighted by molar-refractivity contribution is -0.152. The third kappa shape index (κ3) is 4.35. The molecule has 0 saturated heterocycles. The zero-order valence-corrected chi connectivity index (χ0v) is 13.6. The van der Waals surface area contributed by atoms with Gasteiger partial charge in [-0.3, -0.25) is 14.9 Å². The first-order valence-electron chi connectivity index (χ1n) is 7.60. The lowest BCUT2D eigenvalue weighted by Crippen LogP contribution is -2.56.